The summed E-state index contributed by atoms with van der Waals surface area (Å²) in [6.07, 6.45) is 2.38. The quantitative estimate of drug-likeness (QED) is 0.745. The van der Waals surface area contributed by atoms with Gasteiger partial charge < -0.3 is 9.64 Å². The fourth-order valence-electron chi connectivity index (χ4n) is 1.93. The summed E-state index contributed by atoms with van der Waals surface area (Å²) in [6.45, 7) is 3.24. The average molecular weight is 273 g/mol. The lowest BCUT2D eigenvalue weighted by atomic mass is 10.2. The summed E-state index contributed by atoms with van der Waals surface area (Å²) in [4.78, 5) is 2.23. The van der Waals surface area contributed by atoms with Gasteiger partial charge in [0.05, 0.1) is 0 Å². The standard InChI is InChI=1S/C17H20FNO/c1-3-4-13-19(2)15-7-11-17(12-8-15)20-16-9-5-14(18)6-10-16/h5-12H,3-4,13H2,1-2H3. The molecule has 0 radical (unpaired) electrons. The Hall–Kier alpha value is -2.03. The number of benzene rings is 2. The summed E-state index contributed by atoms with van der Waals surface area (Å²) in [5.74, 6) is 1.13. The van der Waals surface area contributed by atoms with Gasteiger partial charge in [-0.15, -0.1) is 0 Å². The van der Waals surface area contributed by atoms with Crippen LogP contribution in [0, 0.1) is 5.82 Å². The second-order valence-corrected chi connectivity index (χ2v) is 4.82. The molecule has 2 rings (SSSR count). The molecular formula is C17H20FNO. The highest BCUT2D eigenvalue weighted by Crippen LogP contribution is 2.24. The van der Waals surface area contributed by atoms with Crippen molar-refractivity contribution in [3.05, 3.63) is 54.3 Å². The molecule has 0 aliphatic carbocycles. The SMILES string of the molecule is CCCCN(C)c1ccc(Oc2ccc(F)cc2)cc1. The number of ether oxygens (including phenoxy) is 1. The van der Waals surface area contributed by atoms with Crippen molar-refractivity contribution >= 4 is 5.69 Å². The van der Waals surface area contributed by atoms with Gasteiger partial charge in [0.15, 0.2) is 0 Å². The first-order valence-electron chi connectivity index (χ1n) is 6.93. The van der Waals surface area contributed by atoms with Gasteiger partial charge in [0.1, 0.15) is 17.3 Å². The van der Waals surface area contributed by atoms with Gasteiger partial charge in [-0.1, -0.05) is 13.3 Å². The number of unbranched alkanes of at least 4 members (excludes halogenated alkanes) is 1. The van der Waals surface area contributed by atoms with Crippen LogP contribution in [0.2, 0.25) is 0 Å². The number of halogens is 1. The second kappa shape index (κ2) is 6.94. The number of hydrogen-bond acceptors (Lipinski definition) is 2. The highest BCUT2D eigenvalue weighted by Gasteiger charge is 2.02. The van der Waals surface area contributed by atoms with E-state index in [2.05, 4.69) is 18.9 Å². The first kappa shape index (κ1) is 14.4. The second-order valence-electron chi connectivity index (χ2n) is 4.82. The van der Waals surface area contributed by atoms with Crippen LogP contribution < -0.4 is 9.64 Å². The molecule has 3 heteroatoms. The van der Waals surface area contributed by atoms with Gasteiger partial charge in [0.25, 0.3) is 0 Å². The Morgan fingerprint density at radius 2 is 1.50 bits per heavy atom. The Labute approximate surface area is 119 Å². The largest absolute Gasteiger partial charge is 0.457 e. The lowest BCUT2D eigenvalue weighted by Crippen LogP contribution is -2.17. The van der Waals surface area contributed by atoms with Crippen LogP contribution in [0.3, 0.4) is 0 Å². The molecule has 2 aromatic carbocycles. The Morgan fingerprint density at radius 3 is 2.05 bits per heavy atom. The summed E-state index contributed by atoms with van der Waals surface area (Å²) in [7, 11) is 2.09. The van der Waals surface area contributed by atoms with Crippen molar-refractivity contribution in [1.29, 1.82) is 0 Å². The van der Waals surface area contributed by atoms with Crippen molar-refractivity contribution in [3.63, 3.8) is 0 Å². The molecule has 20 heavy (non-hydrogen) atoms. The maximum Gasteiger partial charge on any atom is 0.127 e. The van der Waals surface area contributed by atoms with Crippen molar-refractivity contribution in [2.75, 3.05) is 18.5 Å². The van der Waals surface area contributed by atoms with Crippen molar-refractivity contribution in [1.82, 2.24) is 0 Å². The third-order valence-corrected chi connectivity index (χ3v) is 3.17. The molecule has 0 spiro atoms. The topological polar surface area (TPSA) is 12.5 Å². The Balaban J connectivity index is 1.99. The number of nitrogens with zero attached hydrogens (tertiary/aromatic N) is 1. The van der Waals surface area contributed by atoms with Crippen molar-refractivity contribution in [3.8, 4) is 11.5 Å². The maximum absolute atomic E-state index is 12.8. The molecule has 0 aromatic heterocycles. The average Bonchev–Trinajstić information content (AvgIpc) is 2.48. The summed E-state index contributed by atoms with van der Waals surface area (Å²) in [6, 6.07) is 14.0. The summed E-state index contributed by atoms with van der Waals surface area (Å²) < 4.78 is 18.5. The van der Waals surface area contributed by atoms with Gasteiger partial charge >= 0.3 is 0 Å². The van der Waals surface area contributed by atoms with E-state index in [9.17, 15) is 4.39 Å². The molecule has 0 heterocycles. The van der Waals surface area contributed by atoms with Gasteiger partial charge in [0.2, 0.25) is 0 Å². The predicted molar refractivity (Wildman–Crippen MR) is 81.1 cm³/mol. The molecule has 0 bridgehead atoms. The molecule has 0 saturated heterocycles. The maximum atomic E-state index is 12.8. The van der Waals surface area contributed by atoms with Crippen LogP contribution in [-0.2, 0) is 0 Å². The van der Waals surface area contributed by atoms with E-state index in [0.29, 0.717) is 5.75 Å². The lowest BCUT2D eigenvalue weighted by Gasteiger charge is -2.19. The first-order valence-corrected chi connectivity index (χ1v) is 6.93. The number of rotatable bonds is 6. The van der Waals surface area contributed by atoms with Crippen molar-refractivity contribution in [2.45, 2.75) is 19.8 Å². The van der Waals surface area contributed by atoms with Crippen molar-refractivity contribution < 1.29 is 9.13 Å². The van der Waals surface area contributed by atoms with E-state index in [1.165, 1.54) is 30.7 Å². The fourth-order valence-corrected chi connectivity index (χ4v) is 1.93. The zero-order valence-corrected chi connectivity index (χ0v) is 12.0. The van der Waals surface area contributed by atoms with Gasteiger partial charge in [-0.25, -0.2) is 4.39 Å². The van der Waals surface area contributed by atoms with E-state index in [1.54, 1.807) is 12.1 Å². The van der Waals surface area contributed by atoms with E-state index in [4.69, 9.17) is 4.74 Å². The number of hydrogen-bond donors (Lipinski definition) is 0. The lowest BCUT2D eigenvalue weighted by molar-refractivity contribution is 0.480. The minimum atomic E-state index is -0.259. The van der Waals surface area contributed by atoms with Gasteiger partial charge in [-0.3, -0.25) is 0 Å². The Morgan fingerprint density at radius 1 is 0.950 bits per heavy atom. The first-order chi connectivity index (χ1) is 9.69. The molecular weight excluding hydrogens is 253 g/mol. The Kier molecular flexibility index (Phi) is 4.99. The van der Waals surface area contributed by atoms with Crippen LogP contribution in [0.4, 0.5) is 10.1 Å². The molecule has 106 valence electrons. The van der Waals surface area contributed by atoms with E-state index in [-0.39, 0.29) is 5.82 Å². The van der Waals surface area contributed by atoms with E-state index < -0.39 is 0 Å². The molecule has 2 nitrogen and oxygen atoms in total. The zero-order chi connectivity index (χ0) is 14.4. The normalized spacial score (nSPS) is 10.3. The van der Waals surface area contributed by atoms with Gasteiger partial charge in [0, 0.05) is 19.3 Å². The van der Waals surface area contributed by atoms with Crippen LogP contribution in [-0.4, -0.2) is 13.6 Å². The summed E-state index contributed by atoms with van der Waals surface area (Å²) in [5.41, 5.74) is 1.17. The predicted octanol–water partition coefficient (Wildman–Crippen LogP) is 4.85. The molecule has 0 fully saturated rings. The number of anilines is 1. The highest BCUT2D eigenvalue weighted by molar-refractivity contribution is 5.49. The third kappa shape index (κ3) is 3.98. The molecule has 2 aromatic rings. The fraction of sp³-hybridized carbons (Fsp3) is 0.294. The molecule has 0 unspecified atom stereocenters. The monoisotopic (exact) mass is 273 g/mol. The van der Waals surface area contributed by atoms with Gasteiger partial charge in [-0.2, -0.15) is 0 Å². The molecule has 0 atom stereocenters. The third-order valence-electron chi connectivity index (χ3n) is 3.17. The minimum Gasteiger partial charge on any atom is -0.457 e. The smallest absolute Gasteiger partial charge is 0.127 e. The summed E-state index contributed by atoms with van der Waals surface area (Å²) >= 11 is 0. The zero-order valence-electron chi connectivity index (χ0n) is 12.0. The minimum absolute atomic E-state index is 0.259. The van der Waals surface area contributed by atoms with E-state index in [1.807, 2.05) is 24.3 Å². The highest BCUT2D eigenvalue weighted by atomic mass is 19.1. The van der Waals surface area contributed by atoms with Crippen LogP contribution in [0.1, 0.15) is 19.8 Å². The van der Waals surface area contributed by atoms with E-state index in [0.717, 1.165) is 12.3 Å². The molecule has 0 N–H and O–H groups in total. The van der Waals surface area contributed by atoms with Crippen LogP contribution >= 0.6 is 0 Å². The van der Waals surface area contributed by atoms with Crippen LogP contribution in [0.15, 0.2) is 48.5 Å². The van der Waals surface area contributed by atoms with Crippen LogP contribution in [0.5, 0.6) is 11.5 Å². The molecule has 0 saturated carbocycles. The van der Waals surface area contributed by atoms with Gasteiger partial charge in [-0.05, 0) is 55.0 Å². The van der Waals surface area contributed by atoms with Crippen LogP contribution in [0.25, 0.3) is 0 Å². The molecule has 0 amide bonds. The van der Waals surface area contributed by atoms with E-state index >= 15 is 0 Å². The molecule has 0 aliphatic heterocycles. The summed E-state index contributed by atoms with van der Waals surface area (Å²) in [5, 5.41) is 0. The molecule has 0 aliphatic rings. The Bertz CT molecular complexity index is 522. The van der Waals surface area contributed by atoms with Crippen molar-refractivity contribution in [2.24, 2.45) is 0 Å².